The summed E-state index contributed by atoms with van der Waals surface area (Å²) in [4.78, 5) is 0. The minimum Gasteiger partial charge on any atom is -0.653 e. The molecule has 0 spiro atoms. The number of nitrogens with zero attached hydrogens (tertiary/aromatic N) is 3. The average Bonchev–Trinajstić information content (AvgIpc) is 3.14. The van der Waals surface area contributed by atoms with Crippen molar-refractivity contribution in [1.29, 1.82) is 0 Å². The highest BCUT2D eigenvalue weighted by molar-refractivity contribution is 6.00. The second-order valence-electron chi connectivity index (χ2n) is 6.49. The molecule has 3 aromatic rings. The molecule has 0 aliphatic heterocycles. The van der Waals surface area contributed by atoms with Crippen molar-refractivity contribution >= 4 is 16.6 Å². The van der Waals surface area contributed by atoms with Gasteiger partial charge in [0.05, 0.1) is 11.3 Å². The monoisotopic (exact) mass is 345 g/mol. The van der Waals surface area contributed by atoms with E-state index < -0.39 is 0 Å². The second-order valence-corrected chi connectivity index (χ2v) is 6.72. The van der Waals surface area contributed by atoms with E-state index in [0.29, 0.717) is 6.04 Å². The van der Waals surface area contributed by atoms with Crippen LogP contribution in [0.5, 0.6) is 5.75 Å². The lowest BCUT2D eigenvalue weighted by atomic mass is 9.94. The summed E-state index contributed by atoms with van der Waals surface area (Å²) >= 11 is 2.34. The summed E-state index contributed by atoms with van der Waals surface area (Å²) in [6.07, 6.45) is 6.19. The van der Waals surface area contributed by atoms with E-state index in [1.165, 1.54) is 32.1 Å². The highest BCUT2D eigenvalue weighted by Crippen LogP contribution is 2.38. The zero-order valence-corrected chi connectivity index (χ0v) is 15.3. The molecule has 1 aromatic heterocycles. The van der Waals surface area contributed by atoms with Crippen molar-refractivity contribution < 1.29 is 3.79 Å². The molecule has 25 heavy (non-hydrogen) atoms. The Morgan fingerprint density at radius 3 is 2.28 bits per heavy atom. The van der Waals surface area contributed by atoms with Crippen LogP contribution in [0.1, 0.15) is 38.1 Å². The summed E-state index contributed by atoms with van der Waals surface area (Å²) in [6, 6.07) is 18.8. The number of rotatable bonds is 4. The van der Waals surface area contributed by atoms with Gasteiger partial charge in [-0.1, -0.05) is 61.7 Å². The molecule has 1 heterocycles. The third-order valence-electron chi connectivity index (χ3n) is 4.92. The summed E-state index contributed by atoms with van der Waals surface area (Å²) < 4.78 is 7.82. The molecule has 0 unspecified atom stereocenters. The van der Waals surface area contributed by atoms with E-state index in [9.17, 15) is 0 Å². The summed E-state index contributed by atoms with van der Waals surface area (Å²) in [5.74, 6) is 2.64. The molecule has 1 aliphatic rings. The van der Waals surface area contributed by atoms with Gasteiger partial charge in [0, 0.05) is 11.6 Å². The third kappa shape index (κ3) is 3.22. The number of hydrogen-bond donors (Lipinski definition) is 0. The van der Waals surface area contributed by atoms with Crippen LogP contribution in [0.15, 0.2) is 54.6 Å². The Hall–Kier alpha value is -2.09. The van der Waals surface area contributed by atoms with Gasteiger partial charge in [0.25, 0.3) is 0 Å². The first-order valence-electron chi connectivity index (χ1n) is 8.85. The Balaban J connectivity index is 1.88. The number of para-hydroxylation sites is 1. The Morgan fingerprint density at radius 1 is 0.840 bits per heavy atom. The van der Waals surface area contributed by atoms with Gasteiger partial charge in [0.2, 0.25) is 0 Å². The quantitative estimate of drug-likeness (QED) is 0.650. The molecule has 1 saturated carbocycles. The SMILES string of the molecule is [Al][O]c1ccccc1-c1nnc(-c2ccccc2)n1C1CCCCC1. The molecule has 5 heteroatoms. The van der Waals surface area contributed by atoms with Gasteiger partial charge >= 0.3 is 16.6 Å². The maximum atomic E-state index is 5.49. The van der Waals surface area contributed by atoms with Crippen LogP contribution in [0.3, 0.4) is 0 Å². The summed E-state index contributed by atoms with van der Waals surface area (Å²) in [6.45, 7) is 0. The van der Waals surface area contributed by atoms with E-state index >= 15 is 0 Å². The lowest BCUT2D eigenvalue weighted by Gasteiger charge is -2.26. The molecule has 1 aliphatic carbocycles. The number of aromatic nitrogens is 3. The van der Waals surface area contributed by atoms with Crippen LogP contribution in [0, 0.1) is 0 Å². The average molecular weight is 345 g/mol. The maximum absolute atomic E-state index is 5.49. The molecule has 1 fully saturated rings. The molecular formula is C20H20AlN3O. The van der Waals surface area contributed by atoms with Crippen molar-refractivity contribution in [2.75, 3.05) is 0 Å². The molecule has 0 N–H and O–H groups in total. The second kappa shape index (κ2) is 7.43. The Bertz CT molecular complexity index is 841. The Kier molecular flexibility index (Phi) is 4.87. The van der Waals surface area contributed by atoms with Crippen molar-refractivity contribution in [3.8, 4) is 28.5 Å². The van der Waals surface area contributed by atoms with Crippen LogP contribution >= 0.6 is 0 Å². The summed E-state index contributed by atoms with van der Waals surface area (Å²) in [5, 5.41) is 9.13. The molecule has 124 valence electrons. The normalized spacial score (nSPS) is 15.2. The molecule has 4 nitrogen and oxygen atoms in total. The van der Waals surface area contributed by atoms with Gasteiger partial charge in [-0.15, -0.1) is 10.2 Å². The fourth-order valence-corrected chi connectivity index (χ4v) is 3.90. The van der Waals surface area contributed by atoms with E-state index in [-0.39, 0.29) is 0 Å². The fraction of sp³-hybridized carbons (Fsp3) is 0.300. The maximum Gasteiger partial charge on any atom is 0.482 e. The van der Waals surface area contributed by atoms with Gasteiger partial charge in [-0.05, 0) is 25.0 Å². The van der Waals surface area contributed by atoms with E-state index in [2.05, 4.69) is 61.7 Å². The van der Waals surface area contributed by atoms with Gasteiger partial charge in [0.1, 0.15) is 0 Å². The molecule has 4 rings (SSSR count). The minimum absolute atomic E-state index is 0.437. The highest BCUT2D eigenvalue weighted by atomic mass is 27.1. The topological polar surface area (TPSA) is 39.9 Å². The minimum atomic E-state index is 0.437. The van der Waals surface area contributed by atoms with Gasteiger partial charge in [-0.2, -0.15) is 0 Å². The van der Waals surface area contributed by atoms with Crippen molar-refractivity contribution in [3.63, 3.8) is 0 Å². The van der Waals surface area contributed by atoms with Crippen LogP contribution in [0.4, 0.5) is 0 Å². The first-order valence-corrected chi connectivity index (χ1v) is 9.32. The first-order chi connectivity index (χ1) is 12.4. The van der Waals surface area contributed by atoms with Crippen LogP contribution in [0.2, 0.25) is 0 Å². The molecule has 0 amide bonds. The largest absolute Gasteiger partial charge is 0.653 e. The Labute approximate surface area is 156 Å². The molecular weight excluding hydrogens is 325 g/mol. The summed E-state index contributed by atoms with van der Waals surface area (Å²) in [5.41, 5.74) is 2.09. The lowest BCUT2D eigenvalue weighted by Crippen LogP contribution is -2.15. The van der Waals surface area contributed by atoms with Crippen LogP contribution < -0.4 is 3.79 Å². The molecule has 0 atom stereocenters. The fourth-order valence-electron chi connectivity index (χ4n) is 3.70. The molecule has 0 saturated heterocycles. The van der Waals surface area contributed by atoms with Crippen LogP contribution in [0.25, 0.3) is 22.8 Å². The third-order valence-corrected chi connectivity index (χ3v) is 5.18. The Morgan fingerprint density at radius 2 is 1.52 bits per heavy atom. The number of benzene rings is 2. The zero-order valence-electron chi connectivity index (χ0n) is 14.1. The molecule has 0 bridgehead atoms. The lowest BCUT2D eigenvalue weighted by molar-refractivity contribution is 0.357. The molecule has 2 radical (unpaired) electrons. The van der Waals surface area contributed by atoms with E-state index in [1.54, 1.807) is 0 Å². The van der Waals surface area contributed by atoms with E-state index in [1.807, 2.05) is 24.3 Å². The highest BCUT2D eigenvalue weighted by Gasteiger charge is 2.25. The standard InChI is InChI=1S/C20H21N3O.Al/c24-18-14-8-7-13-17(18)20-22-21-19(15-9-3-1-4-10-15)23(20)16-11-5-2-6-12-16;/h1,3-4,7-10,13-14,16,24H,2,5-6,11-12H2;/q;+1/p-1. The van der Waals surface area contributed by atoms with Crippen molar-refractivity contribution in [2.45, 2.75) is 38.1 Å². The van der Waals surface area contributed by atoms with Gasteiger partial charge in [-0.25, -0.2) is 0 Å². The first kappa shape index (κ1) is 16.4. The van der Waals surface area contributed by atoms with E-state index in [0.717, 1.165) is 28.5 Å². The zero-order chi connectivity index (χ0) is 17.1. The predicted molar refractivity (Wildman–Crippen MR) is 99.4 cm³/mol. The van der Waals surface area contributed by atoms with Crippen LogP contribution in [-0.2, 0) is 0 Å². The van der Waals surface area contributed by atoms with Crippen LogP contribution in [-0.4, -0.2) is 31.4 Å². The molecule has 2 aromatic carbocycles. The van der Waals surface area contributed by atoms with Gasteiger partial charge in [-0.3, -0.25) is 0 Å². The van der Waals surface area contributed by atoms with Crippen molar-refractivity contribution in [3.05, 3.63) is 54.6 Å². The summed E-state index contributed by atoms with van der Waals surface area (Å²) in [7, 11) is 0. The van der Waals surface area contributed by atoms with Gasteiger partial charge < -0.3 is 8.36 Å². The van der Waals surface area contributed by atoms with E-state index in [4.69, 9.17) is 3.79 Å². The van der Waals surface area contributed by atoms with Gasteiger partial charge in [0.15, 0.2) is 11.6 Å². The van der Waals surface area contributed by atoms with Crippen molar-refractivity contribution in [2.24, 2.45) is 0 Å². The van der Waals surface area contributed by atoms with Crippen molar-refractivity contribution in [1.82, 2.24) is 14.8 Å². The number of hydrogen-bond acceptors (Lipinski definition) is 3. The predicted octanol–water partition coefficient (Wildman–Crippen LogP) is 4.58. The smallest absolute Gasteiger partial charge is 0.482 e.